The largest absolute Gasteiger partial charge is 0.493 e. The molecule has 1 atom stereocenters. The topological polar surface area (TPSA) is 47.6 Å². The first-order valence-corrected chi connectivity index (χ1v) is 8.80. The van der Waals surface area contributed by atoms with Gasteiger partial charge >= 0.3 is 0 Å². The summed E-state index contributed by atoms with van der Waals surface area (Å²) in [4.78, 5) is 12.7. The summed E-state index contributed by atoms with van der Waals surface area (Å²) in [6.45, 7) is 7.49. The summed E-state index contributed by atoms with van der Waals surface area (Å²) in [5.41, 5.74) is 2.82. The quantitative estimate of drug-likeness (QED) is 0.884. The molecule has 4 nitrogen and oxygen atoms in total. The van der Waals surface area contributed by atoms with Crippen molar-refractivity contribution in [2.24, 2.45) is 5.92 Å². The Kier molecular flexibility index (Phi) is 5.27. The first kappa shape index (κ1) is 17.3. The van der Waals surface area contributed by atoms with Gasteiger partial charge in [-0.25, -0.2) is 0 Å². The number of fused-ring (bicyclic) bond motifs is 1. The Hall–Kier alpha value is -2.49. The van der Waals surface area contributed by atoms with Crippen molar-refractivity contribution in [3.8, 4) is 11.5 Å². The van der Waals surface area contributed by atoms with Gasteiger partial charge < -0.3 is 14.8 Å². The highest BCUT2D eigenvalue weighted by Crippen LogP contribution is 2.33. The zero-order valence-electron chi connectivity index (χ0n) is 15.0. The van der Waals surface area contributed by atoms with Gasteiger partial charge in [-0.05, 0) is 37.1 Å². The van der Waals surface area contributed by atoms with Gasteiger partial charge in [-0.2, -0.15) is 0 Å². The van der Waals surface area contributed by atoms with E-state index in [1.807, 2.05) is 37.3 Å². The molecule has 1 aliphatic rings. The molecule has 25 heavy (non-hydrogen) atoms. The van der Waals surface area contributed by atoms with Crippen molar-refractivity contribution < 1.29 is 14.3 Å². The molecule has 0 saturated heterocycles. The maximum absolute atomic E-state index is 12.7. The van der Waals surface area contributed by atoms with Crippen LogP contribution in [-0.4, -0.2) is 19.1 Å². The Balaban J connectivity index is 1.73. The smallest absolute Gasteiger partial charge is 0.251 e. The SMILES string of the molecule is Cc1ccc2c(c1)C(NC(=O)c1cccc(OCC(C)C)c1)CCO2. The van der Waals surface area contributed by atoms with Crippen molar-refractivity contribution in [3.05, 3.63) is 59.2 Å². The van der Waals surface area contributed by atoms with E-state index in [0.717, 1.165) is 29.0 Å². The van der Waals surface area contributed by atoms with E-state index in [2.05, 4.69) is 25.2 Å². The Labute approximate surface area is 149 Å². The number of aryl methyl sites for hydroxylation is 1. The normalized spacial score (nSPS) is 16.1. The molecule has 1 amide bonds. The number of carbonyl (C=O) groups is 1. The molecule has 0 fully saturated rings. The van der Waals surface area contributed by atoms with Gasteiger partial charge in [-0.1, -0.05) is 37.6 Å². The predicted molar refractivity (Wildman–Crippen MR) is 98.3 cm³/mol. The van der Waals surface area contributed by atoms with Crippen molar-refractivity contribution in [2.75, 3.05) is 13.2 Å². The molecule has 1 heterocycles. The number of hydrogen-bond acceptors (Lipinski definition) is 3. The highest BCUT2D eigenvalue weighted by Gasteiger charge is 2.23. The maximum Gasteiger partial charge on any atom is 0.251 e. The predicted octanol–water partition coefficient (Wildman–Crippen LogP) is 4.28. The van der Waals surface area contributed by atoms with E-state index in [4.69, 9.17) is 9.47 Å². The summed E-state index contributed by atoms with van der Waals surface area (Å²) in [5.74, 6) is 1.94. The second-order valence-corrected chi connectivity index (χ2v) is 6.94. The van der Waals surface area contributed by atoms with E-state index in [0.29, 0.717) is 24.7 Å². The van der Waals surface area contributed by atoms with Gasteiger partial charge in [-0.3, -0.25) is 4.79 Å². The zero-order chi connectivity index (χ0) is 17.8. The van der Waals surface area contributed by atoms with E-state index in [1.54, 1.807) is 6.07 Å². The van der Waals surface area contributed by atoms with Crippen LogP contribution in [0.4, 0.5) is 0 Å². The third-order valence-electron chi connectivity index (χ3n) is 4.19. The molecule has 2 aromatic carbocycles. The lowest BCUT2D eigenvalue weighted by molar-refractivity contribution is 0.0924. The number of rotatable bonds is 5. The molecule has 132 valence electrons. The van der Waals surface area contributed by atoms with E-state index < -0.39 is 0 Å². The molecule has 0 saturated carbocycles. The highest BCUT2D eigenvalue weighted by molar-refractivity contribution is 5.94. The van der Waals surface area contributed by atoms with Crippen LogP contribution in [-0.2, 0) is 0 Å². The third kappa shape index (κ3) is 4.32. The van der Waals surface area contributed by atoms with Crippen LogP contribution in [0, 0.1) is 12.8 Å². The van der Waals surface area contributed by atoms with Crippen LogP contribution in [0.3, 0.4) is 0 Å². The van der Waals surface area contributed by atoms with Crippen molar-refractivity contribution in [1.82, 2.24) is 5.32 Å². The van der Waals surface area contributed by atoms with Gasteiger partial charge in [0.2, 0.25) is 0 Å². The van der Waals surface area contributed by atoms with Crippen LogP contribution in [0.15, 0.2) is 42.5 Å². The summed E-state index contributed by atoms with van der Waals surface area (Å²) in [5, 5.41) is 3.14. The molecule has 0 spiro atoms. The molecule has 2 aromatic rings. The van der Waals surface area contributed by atoms with E-state index in [-0.39, 0.29) is 11.9 Å². The molecule has 1 aliphatic heterocycles. The first-order valence-electron chi connectivity index (χ1n) is 8.80. The molecule has 4 heteroatoms. The zero-order valence-corrected chi connectivity index (χ0v) is 15.0. The van der Waals surface area contributed by atoms with Gasteiger partial charge in [0.15, 0.2) is 0 Å². The van der Waals surface area contributed by atoms with Gasteiger partial charge in [0, 0.05) is 17.5 Å². The number of carbonyl (C=O) groups excluding carboxylic acids is 1. The summed E-state index contributed by atoms with van der Waals surface area (Å²) in [7, 11) is 0. The minimum absolute atomic E-state index is 0.0311. The Morgan fingerprint density at radius 3 is 2.92 bits per heavy atom. The molecule has 0 radical (unpaired) electrons. The van der Waals surface area contributed by atoms with E-state index in [1.165, 1.54) is 0 Å². The third-order valence-corrected chi connectivity index (χ3v) is 4.19. The second kappa shape index (κ2) is 7.60. The van der Waals surface area contributed by atoms with Gasteiger partial charge in [0.05, 0.1) is 19.3 Å². The number of ether oxygens (including phenoxy) is 2. The Bertz CT molecular complexity index is 755. The standard InChI is InChI=1S/C21H25NO3/c1-14(2)13-25-17-6-4-5-16(12-17)21(23)22-19-9-10-24-20-8-7-15(3)11-18(19)20/h4-8,11-12,14,19H,9-10,13H2,1-3H3,(H,22,23). The van der Waals surface area contributed by atoms with Crippen molar-refractivity contribution in [3.63, 3.8) is 0 Å². The number of amides is 1. The molecular formula is C21H25NO3. The minimum atomic E-state index is -0.0886. The van der Waals surface area contributed by atoms with Crippen molar-refractivity contribution in [1.29, 1.82) is 0 Å². The van der Waals surface area contributed by atoms with Crippen molar-refractivity contribution in [2.45, 2.75) is 33.2 Å². The Morgan fingerprint density at radius 1 is 1.28 bits per heavy atom. The Morgan fingerprint density at radius 2 is 2.12 bits per heavy atom. The van der Waals surface area contributed by atoms with Crippen LogP contribution in [0.5, 0.6) is 11.5 Å². The molecule has 1 N–H and O–H groups in total. The average Bonchev–Trinajstić information content (AvgIpc) is 2.60. The molecule has 0 aliphatic carbocycles. The molecule has 0 bridgehead atoms. The van der Waals surface area contributed by atoms with Gasteiger partial charge in [0.1, 0.15) is 11.5 Å². The van der Waals surface area contributed by atoms with Crippen LogP contribution in [0.25, 0.3) is 0 Å². The van der Waals surface area contributed by atoms with E-state index in [9.17, 15) is 4.79 Å². The molecular weight excluding hydrogens is 314 g/mol. The monoisotopic (exact) mass is 339 g/mol. The number of hydrogen-bond donors (Lipinski definition) is 1. The summed E-state index contributed by atoms with van der Waals surface area (Å²) in [6, 6.07) is 13.4. The van der Waals surface area contributed by atoms with Crippen LogP contribution in [0.1, 0.15) is 47.8 Å². The first-order chi connectivity index (χ1) is 12.0. The fourth-order valence-corrected chi connectivity index (χ4v) is 2.90. The minimum Gasteiger partial charge on any atom is -0.493 e. The summed E-state index contributed by atoms with van der Waals surface area (Å²) < 4.78 is 11.4. The number of benzene rings is 2. The fourth-order valence-electron chi connectivity index (χ4n) is 2.90. The van der Waals surface area contributed by atoms with Crippen LogP contribution >= 0.6 is 0 Å². The molecule has 3 rings (SSSR count). The van der Waals surface area contributed by atoms with Crippen LogP contribution in [0.2, 0.25) is 0 Å². The van der Waals surface area contributed by atoms with Gasteiger partial charge in [-0.15, -0.1) is 0 Å². The maximum atomic E-state index is 12.7. The molecule has 0 aromatic heterocycles. The lowest BCUT2D eigenvalue weighted by Gasteiger charge is -2.27. The summed E-state index contributed by atoms with van der Waals surface area (Å²) >= 11 is 0. The molecule has 1 unspecified atom stereocenters. The van der Waals surface area contributed by atoms with Crippen molar-refractivity contribution >= 4 is 5.91 Å². The number of nitrogens with one attached hydrogen (secondary N) is 1. The lowest BCUT2D eigenvalue weighted by Crippen LogP contribution is -2.32. The van der Waals surface area contributed by atoms with E-state index >= 15 is 0 Å². The second-order valence-electron chi connectivity index (χ2n) is 6.94. The van der Waals surface area contributed by atoms with Crippen LogP contribution < -0.4 is 14.8 Å². The summed E-state index contributed by atoms with van der Waals surface area (Å²) in [6.07, 6.45) is 0.770. The highest BCUT2D eigenvalue weighted by atomic mass is 16.5. The fraction of sp³-hybridized carbons (Fsp3) is 0.381. The van der Waals surface area contributed by atoms with Gasteiger partial charge in [0.25, 0.3) is 5.91 Å². The lowest BCUT2D eigenvalue weighted by atomic mass is 9.98. The average molecular weight is 339 g/mol.